The van der Waals surface area contributed by atoms with Crippen LogP contribution < -0.4 is 10.6 Å². The number of amides is 1. The van der Waals surface area contributed by atoms with E-state index >= 15 is 0 Å². The van der Waals surface area contributed by atoms with Crippen LogP contribution in [0.25, 0.3) is 0 Å². The van der Waals surface area contributed by atoms with Gasteiger partial charge in [0.25, 0.3) is 0 Å². The Balaban J connectivity index is 0.00000361. The molecule has 0 aliphatic heterocycles. The minimum atomic E-state index is -4.89. The molecular formula is C12H16ClF3N2O2. The summed E-state index contributed by atoms with van der Waals surface area (Å²) in [5.74, 6) is -0.624. The number of nitrogens with one attached hydrogen (secondary N) is 2. The van der Waals surface area contributed by atoms with Gasteiger partial charge in [-0.25, -0.2) is 0 Å². The smallest absolute Gasteiger partial charge is 0.375 e. The van der Waals surface area contributed by atoms with Crippen molar-refractivity contribution in [3.8, 4) is 0 Å². The number of hydrogen-bond acceptors (Lipinski definition) is 3. The molecule has 1 rings (SSSR count). The zero-order chi connectivity index (χ0) is 14.5. The molecule has 114 valence electrons. The fraction of sp³-hybridized carbons (Fsp3) is 0.417. The predicted molar refractivity (Wildman–Crippen MR) is 70.6 cm³/mol. The Morgan fingerprint density at radius 2 is 1.80 bits per heavy atom. The number of carbonyl (C=O) groups is 1. The molecule has 1 amide bonds. The number of likely N-dealkylation sites (N-methyl/N-ethyl adjacent to an activating group) is 1. The lowest BCUT2D eigenvalue weighted by Crippen LogP contribution is -2.51. The maximum atomic E-state index is 13.0. The molecule has 0 spiro atoms. The van der Waals surface area contributed by atoms with Crippen molar-refractivity contribution >= 4 is 18.3 Å². The van der Waals surface area contributed by atoms with E-state index in [0.29, 0.717) is 0 Å². The lowest BCUT2D eigenvalue weighted by molar-refractivity contribution is -0.264. The molecule has 20 heavy (non-hydrogen) atoms. The molecule has 0 aromatic heterocycles. The first-order valence-corrected chi connectivity index (χ1v) is 5.57. The Labute approximate surface area is 120 Å². The fourth-order valence-corrected chi connectivity index (χ4v) is 1.53. The number of halogens is 4. The molecule has 0 saturated heterocycles. The van der Waals surface area contributed by atoms with Crippen LogP contribution in [0.5, 0.6) is 0 Å². The number of carbonyl (C=O) groups excluding carboxylic acids is 1. The van der Waals surface area contributed by atoms with Crippen molar-refractivity contribution in [3.05, 3.63) is 35.9 Å². The molecule has 0 fully saturated rings. The molecule has 0 saturated carbocycles. The van der Waals surface area contributed by atoms with Gasteiger partial charge in [-0.1, -0.05) is 30.3 Å². The Hall–Kier alpha value is -1.31. The lowest BCUT2D eigenvalue weighted by atomic mass is 9.93. The third kappa shape index (κ3) is 4.36. The van der Waals surface area contributed by atoms with Crippen molar-refractivity contribution in [2.45, 2.75) is 11.8 Å². The molecule has 1 unspecified atom stereocenters. The molecule has 1 aromatic rings. The zero-order valence-electron chi connectivity index (χ0n) is 10.7. The highest BCUT2D eigenvalue weighted by molar-refractivity contribution is 5.85. The first-order valence-electron chi connectivity index (χ1n) is 5.57. The van der Waals surface area contributed by atoms with Crippen LogP contribution >= 0.6 is 12.4 Å². The van der Waals surface area contributed by atoms with Gasteiger partial charge in [0.15, 0.2) is 0 Å². The van der Waals surface area contributed by atoms with Crippen molar-refractivity contribution < 1.29 is 23.1 Å². The molecule has 1 aromatic carbocycles. The van der Waals surface area contributed by atoms with Crippen molar-refractivity contribution in [2.75, 3.05) is 20.1 Å². The number of alkyl halides is 3. The average Bonchev–Trinajstić information content (AvgIpc) is 2.36. The largest absolute Gasteiger partial charge is 0.423 e. The van der Waals surface area contributed by atoms with E-state index in [1.54, 1.807) is 6.07 Å². The van der Waals surface area contributed by atoms with Gasteiger partial charge in [0.2, 0.25) is 11.5 Å². The summed E-state index contributed by atoms with van der Waals surface area (Å²) in [6, 6.07) is 6.65. The quantitative estimate of drug-likeness (QED) is 0.765. The summed E-state index contributed by atoms with van der Waals surface area (Å²) < 4.78 is 39.0. The standard InChI is InChI=1S/C12H15F3N2O2.ClH/c1-16-7-10(18)17-8-11(19,12(13,14)15)9-5-3-2-4-6-9;/h2-6,16,19H,7-8H2,1H3,(H,17,18);1H. The van der Waals surface area contributed by atoms with Crippen LogP contribution in [0.1, 0.15) is 5.56 Å². The second-order valence-electron chi connectivity index (χ2n) is 4.03. The Morgan fingerprint density at radius 3 is 2.25 bits per heavy atom. The molecular weight excluding hydrogens is 297 g/mol. The Kier molecular flexibility index (Phi) is 6.98. The average molecular weight is 313 g/mol. The maximum Gasteiger partial charge on any atom is 0.423 e. The Morgan fingerprint density at radius 1 is 1.25 bits per heavy atom. The summed E-state index contributed by atoms with van der Waals surface area (Å²) in [4.78, 5) is 11.2. The van der Waals surface area contributed by atoms with Crippen LogP contribution in [-0.2, 0) is 10.4 Å². The highest BCUT2D eigenvalue weighted by Gasteiger charge is 2.55. The first-order chi connectivity index (χ1) is 8.81. The van der Waals surface area contributed by atoms with Crippen LogP contribution in [0.2, 0.25) is 0 Å². The zero-order valence-corrected chi connectivity index (χ0v) is 11.5. The van der Waals surface area contributed by atoms with E-state index < -0.39 is 24.2 Å². The van der Waals surface area contributed by atoms with Gasteiger partial charge in [0, 0.05) is 0 Å². The summed E-state index contributed by atoms with van der Waals surface area (Å²) in [5.41, 5.74) is -3.41. The van der Waals surface area contributed by atoms with E-state index in [1.165, 1.54) is 19.2 Å². The van der Waals surface area contributed by atoms with E-state index in [4.69, 9.17) is 0 Å². The van der Waals surface area contributed by atoms with Gasteiger partial charge >= 0.3 is 6.18 Å². The number of rotatable bonds is 5. The van der Waals surface area contributed by atoms with Crippen molar-refractivity contribution in [3.63, 3.8) is 0 Å². The maximum absolute atomic E-state index is 13.0. The third-order valence-corrected chi connectivity index (χ3v) is 2.60. The van der Waals surface area contributed by atoms with Crippen LogP contribution in [0.4, 0.5) is 13.2 Å². The monoisotopic (exact) mass is 312 g/mol. The number of benzene rings is 1. The molecule has 0 radical (unpaired) electrons. The van der Waals surface area contributed by atoms with Crippen molar-refractivity contribution in [2.24, 2.45) is 0 Å². The summed E-state index contributed by atoms with van der Waals surface area (Å²) in [6.45, 7) is -1.05. The van der Waals surface area contributed by atoms with Crippen LogP contribution in [0.15, 0.2) is 30.3 Å². The van der Waals surface area contributed by atoms with Gasteiger partial charge in [-0.2, -0.15) is 13.2 Å². The van der Waals surface area contributed by atoms with Crippen LogP contribution in [0, 0.1) is 0 Å². The number of aliphatic hydroxyl groups is 1. The molecule has 1 atom stereocenters. The van der Waals surface area contributed by atoms with E-state index in [2.05, 4.69) is 10.6 Å². The van der Waals surface area contributed by atoms with Crippen molar-refractivity contribution in [1.82, 2.24) is 10.6 Å². The highest BCUT2D eigenvalue weighted by atomic mass is 35.5. The van der Waals surface area contributed by atoms with E-state index in [-0.39, 0.29) is 24.5 Å². The molecule has 0 aliphatic carbocycles. The summed E-state index contributed by atoms with van der Waals surface area (Å²) in [7, 11) is 1.49. The second-order valence-corrected chi connectivity index (χ2v) is 4.03. The van der Waals surface area contributed by atoms with E-state index in [0.717, 1.165) is 12.1 Å². The molecule has 3 N–H and O–H groups in total. The second kappa shape index (κ2) is 7.47. The van der Waals surface area contributed by atoms with Crippen LogP contribution in [-0.4, -0.2) is 37.3 Å². The molecule has 8 heteroatoms. The molecule has 4 nitrogen and oxygen atoms in total. The van der Waals surface area contributed by atoms with Gasteiger partial charge in [-0.3, -0.25) is 4.79 Å². The predicted octanol–water partition coefficient (Wildman–Crippen LogP) is 1.19. The summed E-state index contributed by atoms with van der Waals surface area (Å²) in [5, 5.41) is 14.4. The third-order valence-electron chi connectivity index (χ3n) is 2.60. The Bertz CT molecular complexity index is 428. The highest BCUT2D eigenvalue weighted by Crippen LogP contribution is 2.38. The van der Waals surface area contributed by atoms with Gasteiger partial charge in [0.05, 0.1) is 13.1 Å². The van der Waals surface area contributed by atoms with Gasteiger partial charge in [-0.05, 0) is 12.6 Å². The van der Waals surface area contributed by atoms with Gasteiger partial charge < -0.3 is 15.7 Å². The SMILES string of the molecule is CNCC(=O)NCC(O)(c1ccccc1)C(F)(F)F.Cl. The van der Waals surface area contributed by atoms with Crippen molar-refractivity contribution in [1.29, 1.82) is 0 Å². The van der Waals surface area contributed by atoms with Gasteiger partial charge in [-0.15, -0.1) is 12.4 Å². The lowest BCUT2D eigenvalue weighted by Gasteiger charge is -2.31. The topological polar surface area (TPSA) is 61.4 Å². The number of hydrogen-bond donors (Lipinski definition) is 3. The minimum Gasteiger partial charge on any atom is -0.375 e. The minimum absolute atomic E-state index is 0. The summed E-state index contributed by atoms with van der Waals surface area (Å²) in [6.07, 6.45) is -4.89. The first kappa shape index (κ1) is 18.7. The fourth-order valence-electron chi connectivity index (χ4n) is 1.53. The normalized spacial score (nSPS) is 14.1. The van der Waals surface area contributed by atoms with Gasteiger partial charge in [0.1, 0.15) is 0 Å². The molecule has 0 heterocycles. The van der Waals surface area contributed by atoms with Crippen LogP contribution in [0.3, 0.4) is 0 Å². The summed E-state index contributed by atoms with van der Waals surface area (Å²) >= 11 is 0. The molecule has 0 bridgehead atoms. The van der Waals surface area contributed by atoms with E-state index in [9.17, 15) is 23.1 Å². The van der Waals surface area contributed by atoms with E-state index in [1.807, 2.05) is 0 Å². The molecule has 0 aliphatic rings.